The Kier molecular flexibility index (Phi) is 5.66. The van der Waals surface area contributed by atoms with Gasteiger partial charge in [-0.1, -0.05) is 40.5 Å². The van der Waals surface area contributed by atoms with Crippen LogP contribution in [0.3, 0.4) is 0 Å². The quantitative estimate of drug-likeness (QED) is 0.725. The zero-order chi connectivity index (χ0) is 11.3. The van der Waals surface area contributed by atoms with Crippen LogP contribution in [0.25, 0.3) is 0 Å². The van der Waals surface area contributed by atoms with Gasteiger partial charge in [0.25, 0.3) is 0 Å². The summed E-state index contributed by atoms with van der Waals surface area (Å²) in [4.78, 5) is 0. The number of nitrogens with one attached hydrogen (secondary N) is 1. The van der Waals surface area contributed by atoms with Crippen molar-refractivity contribution in [3.63, 3.8) is 0 Å². The standard InChI is InChI=1S/C14H29N/c1-5-7-13(6-2)15-14-10-11(3)8-9-12(14)4/h11-15H,5-10H2,1-4H3. The Balaban J connectivity index is 2.39. The van der Waals surface area contributed by atoms with Gasteiger partial charge in [-0.15, -0.1) is 0 Å². The molecule has 0 bridgehead atoms. The molecule has 1 N–H and O–H groups in total. The molecule has 0 aromatic carbocycles. The van der Waals surface area contributed by atoms with Crippen LogP contribution in [-0.4, -0.2) is 12.1 Å². The van der Waals surface area contributed by atoms with Crippen LogP contribution in [0.1, 0.15) is 66.2 Å². The van der Waals surface area contributed by atoms with Crippen molar-refractivity contribution in [2.24, 2.45) is 11.8 Å². The molecule has 1 aliphatic rings. The van der Waals surface area contributed by atoms with Gasteiger partial charge in [-0.3, -0.25) is 0 Å². The topological polar surface area (TPSA) is 12.0 Å². The SMILES string of the molecule is CCCC(CC)NC1CC(C)CCC1C. The molecule has 90 valence electrons. The molecule has 0 saturated heterocycles. The van der Waals surface area contributed by atoms with Crippen molar-refractivity contribution in [1.29, 1.82) is 0 Å². The fraction of sp³-hybridized carbons (Fsp3) is 1.00. The molecule has 15 heavy (non-hydrogen) atoms. The van der Waals surface area contributed by atoms with E-state index in [9.17, 15) is 0 Å². The summed E-state index contributed by atoms with van der Waals surface area (Å²) in [6, 6.07) is 1.54. The predicted octanol–water partition coefficient (Wildman–Crippen LogP) is 3.98. The van der Waals surface area contributed by atoms with Crippen LogP contribution < -0.4 is 5.32 Å². The van der Waals surface area contributed by atoms with E-state index in [1.54, 1.807) is 0 Å². The third kappa shape index (κ3) is 4.14. The lowest BCUT2D eigenvalue weighted by Crippen LogP contribution is -2.44. The van der Waals surface area contributed by atoms with Crippen LogP contribution in [0.5, 0.6) is 0 Å². The van der Waals surface area contributed by atoms with Gasteiger partial charge in [0, 0.05) is 12.1 Å². The maximum Gasteiger partial charge on any atom is 0.00978 e. The minimum Gasteiger partial charge on any atom is -0.311 e. The molecule has 0 aromatic heterocycles. The second-order valence-corrected chi connectivity index (χ2v) is 5.56. The summed E-state index contributed by atoms with van der Waals surface area (Å²) in [5, 5.41) is 3.89. The van der Waals surface area contributed by atoms with Crippen LogP contribution in [0.2, 0.25) is 0 Å². The van der Waals surface area contributed by atoms with Gasteiger partial charge in [0.2, 0.25) is 0 Å². The predicted molar refractivity (Wildman–Crippen MR) is 68.1 cm³/mol. The minimum absolute atomic E-state index is 0.757. The lowest BCUT2D eigenvalue weighted by molar-refractivity contribution is 0.208. The van der Waals surface area contributed by atoms with Crippen molar-refractivity contribution in [2.45, 2.75) is 78.3 Å². The average Bonchev–Trinajstić information content (AvgIpc) is 2.22. The van der Waals surface area contributed by atoms with Gasteiger partial charge in [-0.05, 0) is 37.5 Å². The summed E-state index contributed by atoms with van der Waals surface area (Å²) in [6.45, 7) is 9.42. The number of hydrogen-bond donors (Lipinski definition) is 1. The first-order valence-electron chi connectivity index (χ1n) is 6.93. The largest absolute Gasteiger partial charge is 0.311 e. The highest BCUT2D eigenvalue weighted by molar-refractivity contribution is 4.83. The van der Waals surface area contributed by atoms with Gasteiger partial charge in [0.15, 0.2) is 0 Å². The van der Waals surface area contributed by atoms with E-state index < -0.39 is 0 Å². The monoisotopic (exact) mass is 211 g/mol. The highest BCUT2D eigenvalue weighted by atomic mass is 15.0. The Morgan fingerprint density at radius 1 is 1.20 bits per heavy atom. The maximum absolute atomic E-state index is 3.89. The van der Waals surface area contributed by atoms with Gasteiger partial charge in [0.05, 0.1) is 0 Å². The Hall–Kier alpha value is -0.0400. The zero-order valence-electron chi connectivity index (χ0n) is 11.1. The molecule has 4 atom stereocenters. The van der Waals surface area contributed by atoms with E-state index in [1.165, 1.54) is 38.5 Å². The molecule has 0 spiro atoms. The van der Waals surface area contributed by atoms with Crippen molar-refractivity contribution < 1.29 is 0 Å². The molecule has 0 amide bonds. The molecule has 1 saturated carbocycles. The molecule has 4 unspecified atom stereocenters. The Morgan fingerprint density at radius 3 is 2.53 bits per heavy atom. The average molecular weight is 211 g/mol. The van der Waals surface area contributed by atoms with Gasteiger partial charge in [-0.2, -0.15) is 0 Å². The van der Waals surface area contributed by atoms with Crippen molar-refractivity contribution >= 4 is 0 Å². The molecule has 1 nitrogen and oxygen atoms in total. The van der Waals surface area contributed by atoms with Crippen LogP contribution in [-0.2, 0) is 0 Å². The minimum atomic E-state index is 0.757. The molecule has 1 aliphatic carbocycles. The van der Waals surface area contributed by atoms with E-state index in [2.05, 4.69) is 33.0 Å². The van der Waals surface area contributed by atoms with E-state index in [0.29, 0.717) is 0 Å². The fourth-order valence-corrected chi connectivity index (χ4v) is 2.82. The smallest absolute Gasteiger partial charge is 0.00978 e. The maximum atomic E-state index is 3.89. The Morgan fingerprint density at radius 2 is 1.93 bits per heavy atom. The highest BCUT2D eigenvalue weighted by Crippen LogP contribution is 2.29. The first-order chi connectivity index (χ1) is 7.17. The van der Waals surface area contributed by atoms with E-state index in [4.69, 9.17) is 0 Å². The molecule has 0 radical (unpaired) electrons. The molecular weight excluding hydrogens is 182 g/mol. The summed E-state index contributed by atoms with van der Waals surface area (Å²) >= 11 is 0. The van der Waals surface area contributed by atoms with Crippen LogP contribution >= 0.6 is 0 Å². The fourth-order valence-electron chi connectivity index (χ4n) is 2.82. The van der Waals surface area contributed by atoms with Crippen molar-refractivity contribution in [2.75, 3.05) is 0 Å². The van der Waals surface area contributed by atoms with E-state index in [-0.39, 0.29) is 0 Å². The molecule has 0 aliphatic heterocycles. The van der Waals surface area contributed by atoms with E-state index in [0.717, 1.165) is 23.9 Å². The molecule has 1 heteroatoms. The number of rotatable bonds is 5. The van der Waals surface area contributed by atoms with Gasteiger partial charge in [-0.25, -0.2) is 0 Å². The number of hydrogen-bond acceptors (Lipinski definition) is 1. The van der Waals surface area contributed by atoms with Crippen LogP contribution in [0, 0.1) is 11.8 Å². The second-order valence-electron chi connectivity index (χ2n) is 5.56. The molecular formula is C14H29N. The first-order valence-corrected chi connectivity index (χ1v) is 6.93. The van der Waals surface area contributed by atoms with Gasteiger partial charge in [0.1, 0.15) is 0 Å². The van der Waals surface area contributed by atoms with Crippen molar-refractivity contribution in [1.82, 2.24) is 5.32 Å². The molecule has 1 fully saturated rings. The summed E-state index contributed by atoms with van der Waals surface area (Å²) in [6.07, 6.45) is 8.17. The van der Waals surface area contributed by atoms with Crippen molar-refractivity contribution in [3.05, 3.63) is 0 Å². The summed E-state index contributed by atoms with van der Waals surface area (Å²) in [5.41, 5.74) is 0. The summed E-state index contributed by atoms with van der Waals surface area (Å²) in [7, 11) is 0. The van der Waals surface area contributed by atoms with Crippen molar-refractivity contribution in [3.8, 4) is 0 Å². The lowest BCUT2D eigenvalue weighted by atomic mass is 9.79. The third-order valence-electron chi connectivity index (χ3n) is 4.04. The van der Waals surface area contributed by atoms with Gasteiger partial charge < -0.3 is 5.32 Å². The van der Waals surface area contributed by atoms with Crippen LogP contribution in [0.4, 0.5) is 0 Å². The highest BCUT2D eigenvalue weighted by Gasteiger charge is 2.26. The molecule has 0 aromatic rings. The summed E-state index contributed by atoms with van der Waals surface area (Å²) in [5.74, 6) is 1.81. The molecule has 1 rings (SSSR count). The molecule has 0 heterocycles. The second kappa shape index (κ2) is 6.52. The summed E-state index contributed by atoms with van der Waals surface area (Å²) < 4.78 is 0. The van der Waals surface area contributed by atoms with E-state index in [1.807, 2.05) is 0 Å². The normalized spacial score (nSPS) is 34.0. The zero-order valence-corrected chi connectivity index (χ0v) is 11.1. The van der Waals surface area contributed by atoms with Gasteiger partial charge >= 0.3 is 0 Å². The Labute approximate surface area is 96.0 Å². The van der Waals surface area contributed by atoms with E-state index >= 15 is 0 Å². The lowest BCUT2D eigenvalue weighted by Gasteiger charge is -2.36. The first kappa shape index (κ1) is 13.0. The van der Waals surface area contributed by atoms with Crippen LogP contribution in [0.15, 0.2) is 0 Å². The Bertz CT molecular complexity index is 167. The third-order valence-corrected chi connectivity index (χ3v) is 4.04.